The molecular formula is C16H19N3O3. The van der Waals surface area contributed by atoms with Crippen LogP contribution < -0.4 is 10.9 Å². The summed E-state index contributed by atoms with van der Waals surface area (Å²) in [6.45, 7) is 5.90. The Hall–Kier alpha value is -2.63. The van der Waals surface area contributed by atoms with E-state index in [-0.39, 0.29) is 23.9 Å². The highest BCUT2D eigenvalue weighted by atomic mass is 16.3. The Morgan fingerprint density at radius 3 is 2.82 bits per heavy atom. The van der Waals surface area contributed by atoms with Crippen molar-refractivity contribution >= 4 is 5.91 Å². The molecule has 0 aliphatic rings. The molecule has 2 aromatic rings. The van der Waals surface area contributed by atoms with Crippen LogP contribution in [0.2, 0.25) is 0 Å². The molecule has 1 amide bonds. The Bertz CT molecular complexity index is 753. The van der Waals surface area contributed by atoms with Gasteiger partial charge in [0.15, 0.2) is 0 Å². The lowest BCUT2D eigenvalue weighted by atomic mass is 9.98. The highest BCUT2D eigenvalue weighted by molar-refractivity contribution is 5.79. The van der Waals surface area contributed by atoms with Crippen LogP contribution in [-0.2, 0) is 11.2 Å². The van der Waals surface area contributed by atoms with Gasteiger partial charge in [-0.2, -0.15) is 0 Å². The molecular weight excluding hydrogens is 282 g/mol. The van der Waals surface area contributed by atoms with Crippen molar-refractivity contribution in [2.75, 3.05) is 0 Å². The van der Waals surface area contributed by atoms with Crippen molar-refractivity contribution in [1.82, 2.24) is 15.3 Å². The van der Waals surface area contributed by atoms with E-state index in [4.69, 9.17) is 0 Å². The zero-order valence-corrected chi connectivity index (χ0v) is 12.8. The molecule has 6 nitrogen and oxygen atoms in total. The van der Waals surface area contributed by atoms with Crippen LogP contribution in [0.3, 0.4) is 0 Å². The first-order valence-electron chi connectivity index (χ1n) is 7.01. The molecule has 0 saturated carbocycles. The van der Waals surface area contributed by atoms with Crippen molar-refractivity contribution in [3.8, 4) is 5.88 Å². The van der Waals surface area contributed by atoms with Crippen molar-refractivity contribution < 1.29 is 9.90 Å². The number of aromatic nitrogens is 2. The standard InChI is InChI=1S/C16H19N3O3/c1-9-5-4-6-12(10(9)2)11(3)19-14(20)7-13-15(21)17-8-18-16(13)22/h4-6,8,11H,7H2,1-3H3,(H,19,20)(H2,17,18,21,22)/t11-/m0/s1. The van der Waals surface area contributed by atoms with E-state index in [1.54, 1.807) is 0 Å². The molecule has 0 unspecified atom stereocenters. The Morgan fingerprint density at radius 2 is 2.14 bits per heavy atom. The number of hydrogen-bond donors (Lipinski definition) is 3. The fourth-order valence-corrected chi connectivity index (χ4v) is 2.35. The lowest BCUT2D eigenvalue weighted by Gasteiger charge is -2.18. The number of aromatic hydroxyl groups is 1. The second-order valence-corrected chi connectivity index (χ2v) is 5.29. The largest absolute Gasteiger partial charge is 0.493 e. The average Bonchev–Trinajstić information content (AvgIpc) is 2.46. The van der Waals surface area contributed by atoms with Gasteiger partial charge >= 0.3 is 0 Å². The summed E-state index contributed by atoms with van der Waals surface area (Å²) in [7, 11) is 0. The third kappa shape index (κ3) is 3.33. The summed E-state index contributed by atoms with van der Waals surface area (Å²) in [6, 6.07) is 5.73. The van der Waals surface area contributed by atoms with Gasteiger partial charge in [0.1, 0.15) is 0 Å². The van der Waals surface area contributed by atoms with Crippen LogP contribution in [-0.4, -0.2) is 21.0 Å². The van der Waals surface area contributed by atoms with Crippen molar-refractivity contribution in [3.63, 3.8) is 0 Å². The van der Waals surface area contributed by atoms with Crippen molar-refractivity contribution in [2.45, 2.75) is 33.2 Å². The summed E-state index contributed by atoms with van der Waals surface area (Å²) in [6.07, 6.45) is 0.877. The number of nitrogens with zero attached hydrogens (tertiary/aromatic N) is 1. The van der Waals surface area contributed by atoms with Crippen molar-refractivity contribution in [2.24, 2.45) is 0 Å². The van der Waals surface area contributed by atoms with Crippen LogP contribution in [0.1, 0.15) is 35.2 Å². The third-order valence-corrected chi connectivity index (χ3v) is 3.75. The van der Waals surface area contributed by atoms with Gasteiger partial charge < -0.3 is 15.4 Å². The lowest BCUT2D eigenvalue weighted by Crippen LogP contribution is -2.30. The number of nitrogens with one attached hydrogen (secondary N) is 2. The molecule has 2 rings (SSSR count). The van der Waals surface area contributed by atoms with Crippen LogP contribution in [0.5, 0.6) is 5.88 Å². The molecule has 1 aromatic heterocycles. The maximum atomic E-state index is 12.1. The highest BCUT2D eigenvalue weighted by Gasteiger charge is 2.16. The quantitative estimate of drug-likeness (QED) is 0.797. The van der Waals surface area contributed by atoms with Crippen molar-refractivity contribution in [3.05, 3.63) is 57.1 Å². The Labute approximate surface area is 128 Å². The number of amides is 1. The second kappa shape index (κ2) is 6.43. The fourth-order valence-electron chi connectivity index (χ4n) is 2.35. The molecule has 0 aliphatic heterocycles. The number of carbonyl (C=O) groups excluding carboxylic acids is 1. The molecule has 0 saturated heterocycles. The van der Waals surface area contributed by atoms with E-state index in [0.29, 0.717) is 0 Å². The Balaban J connectivity index is 2.12. The molecule has 1 atom stereocenters. The summed E-state index contributed by atoms with van der Waals surface area (Å²) in [5.41, 5.74) is 2.75. The van der Waals surface area contributed by atoms with Crippen molar-refractivity contribution in [1.29, 1.82) is 0 Å². The first kappa shape index (κ1) is 15.8. The van der Waals surface area contributed by atoms with E-state index in [1.165, 1.54) is 0 Å². The van der Waals surface area contributed by atoms with Gasteiger partial charge in [-0.15, -0.1) is 0 Å². The predicted molar refractivity (Wildman–Crippen MR) is 82.7 cm³/mol. The van der Waals surface area contributed by atoms with E-state index in [0.717, 1.165) is 23.0 Å². The molecule has 0 spiro atoms. The maximum absolute atomic E-state index is 12.1. The summed E-state index contributed by atoms with van der Waals surface area (Å²) in [5, 5.41) is 12.4. The normalized spacial score (nSPS) is 12.0. The monoisotopic (exact) mass is 301 g/mol. The van der Waals surface area contributed by atoms with Crippen LogP contribution in [0.15, 0.2) is 29.3 Å². The number of aromatic amines is 1. The number of aryl methyl sites for hydroxylation is 1. The number of carbonyl (C=O) groups is 1. The molecule has 1 aromatic carbocycles. The number of rotatable bonds is 4. The van der Waals surface area contributed by atoms with E-state index < -0.39 is 11.4 Å². The van der Waals surface area contributed by atoms with Crippen LogP contribution in [0.4, 0.5) is 0 Å². The minimum absolute atomic E-state index is 0.0341. The lowest BCUT2D eigenvalue weighted by molar-refractivity contribution is -0.121. The van der Waals surface area contributed by atoms with Gasteiger partial charge in [0, 0.05) is 0 Å². The first-order valence-corrected chi connectivity index (χ1v) is 7.01. The molecule has 6 heteroatoms. The summed E-state index contributed by atoms with van der Waals surface area (Å²) < 4.78 is 0. The number of H-pyrrole nitrogens is 1. The molecule has 3 N–H and O–H groups in total. The Kier molecular flexibility index (Phi) is 4.60. The summed E-state index contributed by atoms with van der Waals surface area (Å²) >= 11 is 0. The predicted octanol–water partition coefficient (Wildman–Crippen LogP) is 1.51. The van der Waals surface area contributed by atoms with E-state index in [9.17, 15) is 14.7 Å². The van der Waals surface area contributed by atoms with Gasteiger partial charge in [-0.1, -0.05) is 18.2 Å². The van der Waals surface area contributed by atoms with Crippen LogP contribution >= 0.6 is 0 Å². The summed E-state index contributed by atoms with van der Waals surface area (Å²) in [5.74, 6) is -0.763. The van der Waals surface area contributed by atoms with E-state index >= 15 is 0 Å². The van der Waals surface area contributed by atoms with Gasteiger partial charge in [-0.25, -0.2) is 4.98 Å². The average molecular weight is 301 g/mol. The molecule has 116 valence electrons. The van der Waals surface area contributed by atoms with Gasteiger partial charge in [0.25, 0.3) is 5.56 Å². The van der Waals surface area contributed by atoms with E-state index in [1.807, 2.05) is 39.0 Å². The zero-order valence-electron chi connectivity index (χ0n) is 12.8. The van der Waals surface area contributed by atoms with Crippen LogP contribution in [0.25, 0.3) is 0 Å². The molecule has 1 heterocycles. The molecule has 22 heavy (non-hydrogen) atoms. The third-order valence-electron chi connectivity index (χ3n) is 3.75. The van der Waals surface area contributed by atoms with Gasteiger partial charge in [-0.3, -0.25) is 9.59 Å². The number of hydrogen-bond acceptors (Lipinski definition) is 4. The number of benzene rings is 1. The van der Waals surface area contributed by atoms with Gasteiger partial charge in [-0.05, 0) is 37.5 Å². The Morgan fingerprint density at radius 1 is 1.41 bits per heavy atom. The smallest absolute Gasteiger partial charge is 0.258 e. The fraction of sp³-hybridized carbons (Fsp3) is 0.312. The molecule has 0 radical (unpaired) electrons. The minimum Gasteiger partial charge on any atom is -0.493 e. The highest BCUT2D eigenvalue weighted by Crippen LogP contribution is 2.20. The zero-order chi connectivity index (χ0) is 16.3. The summed E-state index contributed by atoms with van der Waals surface area (Å²) in [4.78, 5) is 29.6. The molecule has 0 aliphatic carbocycles. The van der Waals surface area contributed by atoms with E-state index in [2.05, 4.69) is 15.3 Å². The SMILES string of the molecule is Cc1cccc([C@H](C)NC(=O)Cc2c(O)nc[nH]c2=O)c1C. The van der Waals surface area contributed by atoms with Gasteiger partial charge in [0.2, 0.25) is 11.8 Å². The van der Waals surface area contributed by atoms with Gasteiger partial charge in [0.05, 0.1) is 24.4 Å². The minimum atomic E-state index is -0.512. The van der Waals surface area contributed by atoms with Crippen LogP contribution in [0, 0.1) is 13.8 Å². The molecule has 0 bridgehead atoms. The maximum Gasteiger partial charge on any atom is 0.258 e. The topological polar surface area (TPSA) is 95.1 Å². The second-order valence-electron chi connectivity index (χ2n) is 5.29. The molecule has 0 fully saturated rings. The first-order chi connectivity index (χ1) is 10.4.